The van der Waals surface area contributed by atoms with Gasteiger partial charge in [-0.1, -0.05) is 36.4 Å². The molecule has 4 aromatic rings. The molecule has 0 radical (unpaired) electrons. The average Bonchev–Trinajstić information content (AvgIpc) is 2.98. The van der Waals surface area contributed by atoms with Crippen LogP contribution in [0.1, 0.15) is 5.56 Å². The maximum absolute atomic E-state index is 15.1. The number of carbonyl (C=O) groups is 2. The Hall–Kier alpha value is -4.67. The smallest absolute Gasteiger partial charge is 0.250 e. The summed E-state index contributed by atoms with van der Waals surface area (Å²) in [5.74, 6) is -0.633. The van der Waals surface area contributed by atoms with Crippen molar-refractivity contribution < 1.29 is 19.1 Å². The first-order valence-electron chi connectivity index (χ1n) is 13.0. The highest BCUT2D eigenvalue weighted by molar-refractivity contribution is 5.98. The predicted molar refractivity (Wildman–Crippen MR) is 154 cm³/mol. The molecule has 1 fully saturated rings. The van der Waals surface area contributed by atoms with E-state index in [4.69, 9.17) is 10.1 Å². The van der Waals surface area contributed by atoms with Gasteiger partial charge >= 0.3 is 0 Å². The fourth-order valence-corrected chi connectivity index (χ4v) is 4.73. The summed E-state index contributed by atoms with van der Waals surface area (Å²) in [6.45, 7) is 3.98. The maximum Gasteiger partial charge on any atom is 0.250 e. The van der Waals surface area contributed by atoms with Gasteiger partial charge in [0.05, 0.1) is 17.8 Å². The van der Waals surface area contributed by atoms with E-state index in [1.54, 1.807) is 18.3 Å². The molecule has 1 aromatic heterocycles. The van der Waals surface area contributed by atoms with Crippen molar-refractivity contribution in [2.24, 2.45) is 0 Å². The number of aromatic nitrogens is 2. The lowest BCUT2D eigenvalue weighted by Crippen LogP contribution is -2.47. The van der Waals surface area contributed by atoms with Gasteiger partial charge in [-0.15, -0.1) is 0 Å². The minimum absolute atomic E-state index is 0.139. The average molecular weight is 541 g/mol. The number of nitrogens with one attached hydrogen (secondary N) is 2. The van der Waals surface area contributed by atoms with Crippen LogP contribution in [-0.4, -0.2) is 71.6 Å². The van der Waals surface area contributed by atoms with E-state index in [0.29, 0.717) is 18.5 Å². The van der Waals surface area contributed by atoms with E-state index in [0.717, 1.165) is 53.9 Å². The van der Waals surface area contributed by atoms with Crippen molar-refractivity contribution in [1.29, 1.82) is 0 Å². The molecule has 204 valence electrons. The van der Waals surface area contributed by atoms with Crippen molar-refractivity contribution in [2.45, 2.75) is 0 Å². The molecule has 2 amide bonds. The molecule has 1 aliphatic heterocycles. The van der Waals surface area contributed by atoms with Gasteiger partial charge in [0.25, 0.3) is 0 Å². The van der Waals surface area contributed by atoms with Crippen LogP contribution in [0, 0.1) is 5.82 Å². The zero-order valence-electron chi connectivity index (χ0n) is 21.8. The first-order chi connectivity index (χ1) is 19.5. The standard InChI is InChI=1S/C30H29FN6O3/c31-26-18-24(37-13-11-36(12-14-37)15-16-38)8-9-27(26)34-30-32-19-23-5-2-6-25(29(23)35-30)22-4-1-3-21(17-22)7-10-28(40)33-20-39/h1-10,17-20,38H,11-16H2,(H,32,34,35)(H,33,39,40). The first-order valence-corrected chi connectivity index (χ1v) is 13.0. The van der Waals surface area contributed by atoms with Crippen molar-refractivity contribution in [3.8, 4) is 11.1 Å². The molecule has 3 aromatic carbocycles. The Morgan fingerprint density at radius 1 is 1.05 bits per heavy atom. The molecule has 0 bridgehead atoms. The molecule has 40 heavy (non-hydrogen) atoms. The normalized spacial score (nSPS) is 14.0. The van der Waals surface area contributed by atoms with Gasteiger partial charge in [-0.25, -0.2) is 14.4 Å². The van der Waals surface area contributed by atoms with Crippen molar-refractivity contribution in [1.82, 2.24) is 20.2 Å². The first kappa shape index (κ1) is 26.9. The lowest BCUT2D eigenvalue weighted by Gasteiger charge is -2.35. The summed E-state index contributed by atoms with van der Waals surface area (Å²) in [6.07, 6.45) is 4.95. The van der Waals surface area contributed by atoms with Crippen LogP contribution in [0.5, 0.6) is 0 Å². The van der Waals surface area contributed by atoms with E-state index in [-0.39, 0.29) is 18.2 Å². The topological polar surface area (TPSA) is 111 Å². The monoisotopic (exact) mass is 540 g/mol. The van der Waals surface area contributed by atoms with Crippen LogP contribution in [0.25, 0.3) is 28.1 Å². The molecule has 5 rings (SSSR count). The number of hydrogen-bond acceptors (Lipinski definition) is 8. The quantitative estimate of drug-likeness (QED) is 0.218. The second kappa shape index (κ2) is 12.5. The third kappa shape index (κ3) is 6.31. The minimum atomic E-state index is -0.505. The van der Waals surface area contributed by atoms with Gasteiger partial charge in [0, 0.05) is 61.6 Å². The second-order valence-corrected chi connectivity index (χ2v) is 9.36. The van der Waals surface area contributed by atoms with E-state index < -0.39 is 11.7 Å². The Morgan fingerprint density at radius 2 is 1.88 bits per heavy atom. The highest BCUT2D eigenvalue weighted by Gasteiger charge is 2.18. The molecule has 2 heterocycles. The number of para-hydroxylation sites is 1. The number of fused-ring (bicyclic) bond motifs is 1. The van der Waals surface area contributed by atoms with E-state index in [1.165, 1.54) is 12.1 Å². The van der Waals surface area contributed by atoms with Crippen LogP contribution in [0.4, 0.5) is 21.7 Å². The van der Waals surface area contributed by atoms with Crippen LogP contribution < -0.4 is 15.5 Å². The molecule has 0 saturated carbocycles. The number of rotatable bonds is 9. The lowest BCUT2D eigenvalue weighted by molar-refractivity contribution is -0.121. The lowest BCUT2D eigenvalue weighted by atomic mass is 10.0. The van der Waals surface area contributed by atoms with Crippen LogP contribution in [0.3, 0.4) is 0 Å². The summed E-state index contributed by atoms with van der Waals surface area (Å²) in [5, 5.41) is 15.1. The van der Waals surface area contributed by atoms with Crippen molar-refractivity contribution in [2.75, 3.05) is 49.5 Å². The largest absolute Gasteiger partial charge is 0.395 e. The van der Waals surface area contributed by atoms with Gasteiger partial charge in [0.2, 0.25) is 18.3 Å². The number of nitrogens with zero attached hydrogens (tertiary/aromatic N) is 4. The molecule has 0 aliphatic carbocycles. The highest BCUT2D eigenvalue weighted by atomic mass is 19.1. The minimum Gasteiger partial charge on any atom is -0.395 e. The summed E-state index contributed by atoms with van der Waals surface area (Å²) >= 11 is 0. The van der Waals surface area contributed by atoms with Crippen LogP contribution in [0.15, 0.2) is 72.9 Å². The number of β-amino-alcohol motifs (C(OH)–C–C–N with tert-alkyl or cyclic N) is 1. The number of anilines is 3. The molecule has 3 N–H and O–H groups in total. The molecule has 10 heteroatoms. The Morgan fingerprint density at radius 3 is 2.65 bits per heavy atom. The van der Waals surface area contributed by atoms with Gasteiger partial charge in [-0.3, -0.25) is 19.8 Å². The maximum atomic E-state index is 15.1. The van der Waals surface area contributed by atoms with Crippen molar-refractivity contribution in [3.05, 3.63) is 84.3 Å². The number of halogens is 1. The summed E-state index contributed by atoms with van der Waals surface area (Å²) in [5.41, 5.74) is 4.29. The number of amides is 2. The predicted octanol–water partition coefficient (Wildman–Crippen LogP) is 3.58. The molecule has 0 atom stereocenters. The third-order valence-electron chi connectivity index (χ3n) is 6.79. The van der Waals surface area contributed by atoms with Gasteiger partial charge in [-0.2, -0.15) is 0 Å². The second-order valence-electron chi connectivity index (χ2n) is 9.36. The molecule has 9 nitrogen and oxygen atoms in total. The van der Waals surface area contributed by atoms with Gasteiger partial charge in [0.1, 0.15) is 5.82 Å². The zero-order valence-corrected chi connectivity index (χ0v) is 21.8. The fourth-order valence-electron chi connectivity index (χ4n) is 4.73. The molecule has 0 unspecified atom stereocenters. The Labute approximate surface area is 231 Å². The van der Waals surface area contributed by atoms with Gasteiger partial charge in [-0.05, 0) is 41.5 Å². The number of aliphatic hydroxyl groups excluding tert-OH is 1. The number of piperazine rings is 1. The number of hydrogen-bond donors (Lipinski definition) is 3. The zero-order chi connectivity index (χ0) is 27.9. The SMILES string of the molecule is O=CNC(=O)C=Cc1cccc(-c2cccc3cnc(Nc4ccc(N5CCN(CCO)CC5)cc4F)nc23)c1. The van der Waals surface area contributed by atoms with E-state index >= 15 is 4.39 Å². The van der Waals surface area contributed by atoms with E-state index in [9.17, 15) is 9.59 Å². The Balaban J connectivity index is 1.36. The van der Waals surface area contributed by atoms with Gasteiger partial charge < -0.3 is 15.3 Å². The Kier molecular flexibility index (Phi) is 8.38. The summed E-state index contributed by atoms with van der Waals surface area (Å²) < 4.78 is 15.1. The third-order valence-corrected chi connectivity index (χ3v) is 6.79. The molecule has 1 saturated heterocycles. The summed E-state index contributed by atoms with van der Waals surface area (Å²) in [6, 6.07) is 18.4. The number of carbonyl (C=O) groups excluding carboxylic acids is 2. The summed E-state index contributed by atoms with van der Waals surface area (Å²) in [4.78, 5) is 35.5. The fraction of sp³-hybridized carbons (Fsp3) is 0.200. The summed E-state index contributed by atoms with van der Waals surface area (Å²) in [7, 11) is 0. The molecular weight excluding hydrogens is 511 g/mol. The molecular formula is C30H29FN6O3. The van der Waals surface area contributed by atoms with Crippen molar-refractivity contribution in [3.63, 3.8) is 0 Å². The highest BCUT2D eigenvalue weighted by Crippen LogP contribution is 2.30. The van der Waals surface area contributed by atoms with Crippen molar-refractivity contribution >= 4 is 46.6 Å². The van der Waals surface area contributed by atoms with Crippen LogP contribution in [0.2, 0.25) is 0 Å². The Bertz CT molecular complexity index is 1550. The number of aliphatic hydroxyl groups is 1. The van der Waals surface area contributed by atoms with Crippen LogP contribution >= 0.6 is 0 Å². The number of imide groups is 1. The molecule has 0 spiro atoms. The number of benzene rings is 3. The molecule has 1 aliphatic rings. The van der Waals surface area contributed by atoms with Gasteiger partial charge in [0.15, 0.2) is 0 Å². The van der Waals surface area contributed by atoms with Crippen LogP contribution in [-0.2, 0) is 9.59 Å². The van der Waals surface area contributed by atoms with E-state index in [1.807, 2.05) is 48.5 Å². The van der Waals surface area contributed by atoms with E-state index in [2.05, 4.69) is 25.4 Å².